The van der Waals surface area contributed by atoms with Crippen LogP contribution in [0.3, 0.4) is 0 Å². The second-order valence-electron chi connectivity index (χ2n) is 14.8. The fourth-order valence-corrected chi connectivity index (χ4v) is 6.44. The van der Waals surface area contributed by atoms with Crippen LogP contribution in [0.15, 0.2) is 96.1 Å². The highest BCUT2D eigenvalue weighted by molar-refractivity contribution is 6.41. The van der Waals surface area contributed by atoms with Crippen molar-refractivity contribution in [1.29, 1.82) is 0 Å². The molecule has 5 amide bonds. The number of ether oxygens (including phenoxy) is 1. The number of hydrogen-bond acceptors (Lipinski definition) is 9. The molecule has 4 atom stereocenters. The minimum Gasteiger partial charge on any atom is -0.444 e. The average Bonchev–Trinajstić information content (AvgIpc) is 3.57. The number of rotatable bonds is 16. The number of carbonyl (C=O) groups excluding carboxylic acids is 6. The molecule has 298 valence electrons. The Hall–Kier alpha value is -5.89. The zero-order valence-corrected chi connectivity index (χ0v) is 32.6. The number of nitrogens with two attached hydrogens (primary N) is 1. The van der Waals surface area contributed by atoms with Crippen LogP contribution in [0.1, 0.15) is 89.0 Å². The maximum absolute atomic E-state index is 13.9. The van der Waals surface area contributed by atoms with E-state index in [-0.39, 0.29) is 37.3 Å². The van der Waals surface area contributed by atoms with Gasteiger partial charge in [-0.1, -0.05) is 104 Å². The molecule has 4 rings (SSSR count). The smallest absolute Gasteiger partial charge is 0.411 e. The first kappa shape index (κ1) is 42.8. The van der Waals surface area contributed by atoms with Crippen LogP contribution in [0.2, 0.25) is 0 Å². The van der Waals surface area contributed by atoms with E-state index in [1.54, 1.807) is 45.0 Å². The monoisotopic (exact) mass is 767 g/mol. The Balaban J connectivity index is 1.59. The quantitative estimate of drug-likeness (QED) is 0.104. The van der Waals surface area contributed by atoms with E-state index in [1.165, 1.54) is 11.8 Å². The van der Waals surface area contributed by atoms with Crippen LogP contribution in [0, 0.1) is 0 Å². The van der Waals surface area contributed by atoms with Gasteiger partial charge in [-0.2, -0.15) is 5.10 Å². The molecule has 3 aromatic rings. The zero-order chi connectivity index (χ0) is 40.8. The first-order chi connectivity index (χ1) is 26.7. The molecule has 0 aromatic heterocycles. The summed E-state index contributed by atoms with van der Waals surface area (Å²) in [6.45, 7) is 8.04. The van der Waals surface area contributed by atoms with Gasteiger partial charge in [0.1, 0.15) is 23.1 Å². The number of benzene rings is 3. The number of nitrogens with one attached hydrogen (secondary N) is 4. The van der Waals surface area contributed by atoms with Crippen molar-refractivity contribution in [1.82, 2.24) is 26.3 Å². The van der Waals surface area contributed by atoms with Crippen molar-refractivity contribution in [3.63, 3.8) is 0 Å². The standard InChI is InChI=1S/C42H53N7O7/c1-6-16-34(45-38(52)35-23-31(43)26-49(35)41(55)56-42(3,4)5)37(39(53)44-25-32(51)24-33(27(2)50)28-17-10-7-11-18-28)47-48-40(54)46-36(29-19-12-8-13-20-29)30-21-14-9-15-22-30/h7-15,17-22,31,33-36H,6,16,23-26,43H2,1-5H3,(H,44,53)(H,45,52)(H2,46,48,54)/t31-,33-,34+,35?/m1/s1. The van der Waals surface area contributed by atoms with Crippen LogP contribution in [0.25, 0.3) is 0 Å². The number of likely N-dealkylation sites (tertiary alicyclic amines) is 1. The van der Waals surface area contributed by atoms with E-state index in [4.69, 9.17) is 10.5 Å². The van der Waals surface area contributed by atoms with Gasteiger partial charge in [0.05, 0.1) is 18.6 Å². The molecule has 1 heterocycles. The third-order valence-corrected chi connectivity index (χ3v) is 9.11. The summed E-state index contributed by atoms with van der Waals surface area (Å²) < 4.78 is 5.53. The number of ketones is 2. The Morgan fingerprint density at radius 2 is 1.41 bits per heavy atom. The first-order valence-corrected chi connectivity index (χ1v) is 18.8. The summed E-state index contributed by atoms with van der Waals surface area (Å²) in [5, 5.41) is 12.6. The van der Waals surface area contributed by atoms with Crippen LogP contribution in [0.4, 0.5) is 9.59 Å². The Kier molecular flexibility index (Phi) is 15.4. The lowest BCUT2D eigenvalue weighted by Gasteiger charge is -2.29. The topological polar surface area (TPSA) is 201 Å². The average molecular weight is 768 g/mol. The summed E-state index contributed by atoms with van der Waals surface area (Å²) in [6, 6.07) is 23.6. The van der Waals surface area contributed by atoms with E-state index >= 15 is 0 Å². The van der Waals surface area contributed by atoms with Gasteiger partial charge in [-0.05, 0) is 57.2 Å². The van der Waals surface area contributed by atoms with Crippen molar-refractivity contribution in [2.45, 2.75) is 96.0 Å². The van der Waals surface area contributed by atoms with Crippen molar-refractivity contribution >= 4 is 41.2 Å². The maximum atomic E-state index is 13.9. The number of hydrogen-bond donors (Lipinski definition) is 5. The largest absolute Gasteiger partial charge is 0.444 e. The van der Waals surface area contributed by atoms with Crippen molar-refractivity contribution < 1.29 is 33.5 Å². The molecule has 1 fully saturated rings. The molecule has 1 unspecified atom stereocenters. The molecule has 56 heavy (non-hydrogen) atoms. The van der Waals surface area contributed by atoms with Gasteiger partial charge in [0.2, 0.25) is 5.91 Å². The second-order valence-corrected chi connectivity index (χ2v) is 14.8. The Morgan fingerprint density at radius 3 is 1.93 bits per heavy atom. The fourth-order valence-electron chi connectivity index (χ4n) is 6.44. The van der Waals surface area contributed by atoms with Gasteiger partial charge in [0.25, 0.3) is 5.91 Å². The molecule has 1 aliphatic heterocycles. The van der Waals surface area contributed by atoms with E-state index in [2.05, 4.69) is 26.5 Å². The number of Topliss-reactive ketones (excluding diaryl/α,β-unsaturated/α-hetero) is 2. The van der Waals surface area contributed by atoms with Crippen molar-refractivity contribution in [2.75, 3.05) is 13.1 Å². The lowest BCUT2D eigenvalue weighted by atomic mass is 9.90. The van der Waals surface area contributed by atoms with Gasteiger partial charge < -0.3 is 26.4 Å². The van der Waals surface area contributed by atoms with Crippen LogP contribution < -0.4 is 27.1 Å². The molecule has 0 spiro atoms. The van der Waals surface area contributed by atoms with Gasteiger partial charge in [-0.25, -0.2) is 15.0 Å². The molecular weight excluding hydrogens is 715 g/mol. The summed E-state index contributed by atoms with van der Waals surface area (Å²) in [6.07, 6.45) is -0.0186. The molecule has 3 aromatic carbocycles. The van der Waals surface area contributed by atoms with Gasteiger partial charge in [0, 0.05) is 24.9 Å². The summed E-state index contributed by atoms with van der Waals surface area (Å²) in [5.41, 5.74) is 9.80. The molecule has 1 saturated heterocycles. The fraction of sp³-hybridized carbons (Fsp3) is 0.405. The van der Waals surface area contributed by atoms with Crippen molar-refractivity contribution in [2.24, 2.45) is 10.8 Å². The van der Waals surface area contributed by atoms with E-state index in [9.17, 15) is 28.8 Å². The van der Waals surface area contributed by atoms with E-state index in [1.807, 2.05) is 73.7 Å². The summed E-state index contributed by atoms with van der Waals surface area (Å²) in [4.78, 5) is 81.3. The lowest BCUT2D eigenvalue weighted by Crippen LogP contribution is -2.54. The molecular formula is C42H53N7O7. The van der Waals surface area contributed by atoms with Crippen LogP contribution in [0.5, 0.6) is 0 Å². The lowest BCUT2D eigenvalue weighted by molar-refractivity contribution is -0.126. The van der Waals surface area contributed by atoms with Gasteiger partial charge in [-0.15, -0.1) is 0 Å². The number of nitrogens with zero attached hydrogens (tertiary/aromatic N) is 2. The maximum Gasteiger partial charge on any atom is 0.411 e. The second kappa shape index (κ2) is 20.1. The van der Waals surface area contributed by atoms with E-state index in [0.717, 1.165) is 11.1 Å². The van der Waals surface area contributed by atoms with E-state index < -0.39 is 72.0 Å². The predicted octanol–water partition coefficient (Wildman–Crippen LogP) is 4.50. The third kappa shape index (κ3) is 12.6. The predicted molar refractivity (Wildman–Crippen MR) is 212 cm³/mol. The highest BCUT2D eigenvalue weighted by Gasteiger charge is 2.41. The number of amides is 5. The Bertz CT molecular complexity index is 1810. The normalized spacial score (nSPS) is 16.7. The van der Waals surface area contributed by atoms with Crippen molar-refractivity contribution in [3.05, 3.63) is 108 Å². The molecule has 14 heteroatoms. The molecule has 1 aliphatic rings. The van der Waals surface area contributed by atoms with E-state index in [0.29, 0.717) is 12.0 Å². The minimum atomic E-state index is -1.06. The highest BCUT2D eigenvalue weighted by Crippen LogP contribution is 2.24. The zero-order valence-electron chi connectivity index (χ0n) is 32.6. The SMILES string of the molecule is CCC[C@H](NC(=O)C1C[C@@H](N)CN1C(=O)OC(C)(C)C)C(=NNC(=O)NC(c1ccccc1)c1ccccc1)C(=O)NCC(=O)C[C@H](C(C)=O)c1ccccc1. The third-order valence-electron chi connectivity index (χ3n) is 9.11. The summed E-state index contributed by atoms with van der Waals surface area (Å²) >= 11 is 0. The number of carbonyl (C=O) groups is 6. The molecule has 0 bridgehead atoms. The minimum absolute atomic E-state index is 0.0882. The number of hydrazone groups is 1. The summed E-state index contributed by atoms with van der Waals surface area (Å²) in [5.74, 6) is -2.73. The van der Waals surface area contributed by atoms with Crippen LogP contribution in [-0.4, -0.2) is 82.9 Å². The van der Waals surface area contributed by atoms with Gasteiger partial charge in [0.15, 0.2) is 5.78 Å². The molecule has 14 nitrogen and oxygen atoms in total. The van der Waals surface area contributed by atoms with Gasteiger partial charge in [-0.3, -0.25) is 24.1 Å². The molecule has 6 N–H and O–H groups in total. The first-order valence-electron chi connectivity index (χ1n) is 18.8. The molecule has 0 saturated carbocycles. The van der Waals surface area contributed by atoms with Crippen molar-refractivity contribution in [3.8, 4) is 0 Å². The molecule has 0 aliphatic carbocycles. The Morgan fingerprint density at radius 1 is 0.857 bits per heavy atom. The summed E-state index contributed by atoms with van der Waals surface area (Å²) in [7, 11) is 0. The van der Waals surface area contributed by atoms with Crippen LogP contribution >= 0.6 is 0 Å². The molecule has 0 radical (unpaired) electrons. The number of urea groups is 1. The Labute approximate surface area is 328 Å². The van der Waals surface area contributed by atoms with Crippen LogP contribution in [-0.2, 0) is 23.9 Å². The van der Waals surface area contributed by atoms with Gasteiger partial charge >= 0.3 is 12.1 Å². The highest BCUT2D eigenvalue weighted by atomic mass is 16.6.